The Morgan fingerprint density at radius 3 is 1.83 bits per heavy atom. The molecule has 1 rings (SSSR count). The third kappa shape index (κ3) is 1.26. The van der Waals surface area contributed by atoms with Crippen LogP contribution in [0.3, 0.4) is 0 Å². The van der Waals surface area contributed by atoms with E-state index in [-0.39, 0.29) is 5.78 Å². The van der Waals surface area contributed by atoms with E-state index in [2.05, 4.69) is 19.6 Å². The topological polar surface area (TPSA) is 17.1 Å². The highest BCUT2D eigenvalue weighted by Crippen LogP contribution is 2.47. The molecule has 0 aliphatic heterocycles. The van der Waals surface area contributed by atoms with E-state index in [4.69, 9.17) is 23.2 Å². The van der Waals surface area contributed by atoms with Crippen molar-refractivity contribution >= 4 is 37.1 Å². The predicted octanol–water partition coefficient (Wildman–Crippen LogP) is 2.94. The molecule has 0 atom stereocenters. The van der Waals surface area contributed by atoms with Crippen LogP contribution in [0.4, 0.5) is 0 Å². The van der Waals surface area contributed by atoms with E-state index in [1.807, 2.05) is 6.92 Å². The molecular formula is C8H12Cl2OSi. The summed E-state index contributed by atoms with van der Waals surface area (Å²) in [5.74, 6) is -0.0810. The average Bonchev–Trinajstić information content (AvgIpc) is 1.85. The fourth-order valence-corrected chi connectivity index (χ4v) is 4.37. The Kier molecular flexibility index (Phi) is 2.23. The summed E-state index contributed by atoms with van der Waals surface area (Å²) in [6, 6.07) is 0. The van der Waals surface area contributed by atoms with Gasteiger partial charge in [0.15, 0.2) is 5.78 Å². The van der Waals surface area contributed by atoms with Crippen molar-refractivity contribution in [3.63, 3.8) is 0 Å². The zero-order valence-corrected chi connectivity index (χ0v) is 10.2. The number of Topliss-reactive ketones (excluding diaryl/α,β-unsaturated/α-hetero) is 1. The predicted molar refractivity (Wildman–Crippen MR) is 55.5 cm³/mol. The van der Waals surface area contributed by atoms with Gasteiger partial charge in [0.25, 0.3) is 0 Å². The number of hydrogen-bond donors (Lipinski definition) is 0. The quantitative estimate of drug-likeness (QED) is 0.493. The number of rotatable bonds is 1. The molecule has 12 heavy (non-hydrogen) atoms. The van der Waals surface area contributed by atoms with Crippen molar-refractivity contribution in [3.8, 4) is 0 Å². The van der Waals surface area contributed by atoms with Crippen LogP contribution in [-0.4, -0.2) is 18.2 Å². The first-order chi connectivity index (χ1) is 5.19. The third-order valence-corrected chi connectivity index (χ3v) is 5.12. The molecule has 0 fully saturated rings. The van der Waals surface area contributed by atoms with E-state index < -0.39 is 12.4 Å². The minimum atomic E-state index is -1.53. The van der Waals surface area contributed by atoms with Crippen LogP contribution in [0.25, 0.3) is 0 Å². The highest BCUT2D eigenvalue weighted by Gasteiger charge is 2.52. The van der Waals surface area contributed by atoms with Gasteiger partial charge >= 0.3 is 0 Å². The number of ketones is 1. The average molecular weight is 223 g/mol. The number of allylic oxidation sites excluding steroid dienone is 2. The van der Waals surface area contributed by atoms with E-state index in [1.165, 1.54) is 0 Å². The first-order valence-corrected chi connectivity index (χ1v) is 8.09. The van der Waals surface area contributed by atoms with Crippen molar-refractivity contribution < 1.29 is 4.79 Å². The molecule has 0 saturated carbocycles. The minimum absolute atomic E-state index is 0.0810. The summed E-state index contributed by atoms with van der Waals surface area (Å²) >= 11 is 11.6. The lowest BCUT2D eigenvalue weighted by Gasteiger charge is -2.38. The molecule has 1 aliphatic carbocycles. The zero-order chi connectivity index (χ0) is 9.73. The van der Waals surface area contributed by atoms with Gasteiger partial charge in [-0.1, -0.05) is 42.8 Å². The largest absolute Gasteiger partial charge is 0.291 e. The zero-order valence-electron chi connectivity index (χ0n) is 7.66. The first kappa shape index (κ1) is 10.3. The van der Waals surface area contributed by atoms with Crippen LogP contribution >= 0.6 is 23.2 Å². The van der Waals surface area contributed by atoms with Crippen LogP contribution < -0.4 is 0 Å². The van der Waals surface area contributed by atoms with Crippen molar-refractivity contribution in [1.29, 1.82) is 0 Å². The fourth-order valence-electron chi connectivity index (χ4n) is 1.50. The summed E-state index contributed by atoms with van der Waals surface area (Å²) in [6.07, 6.45) is 0. The third-order valence-electron chi connectivity index (χ3n) is 2.11. The van der Waals surface area contributed by atoms with Gasteiger partial charge in [-0.05, 0) is 17.7 Å². The molecule has 0 N–H and O–H groups in total. The summed E-state index contributed by atoms with van der Waals surface area (Å²) in [4.78, 5) is 11.5. The van der Waals surface area contributed by atoms with Crippen molar-refractivity contribution in [2.24, 2.45) is 0 Å². The number of halogens is 2. The summed E-state index contributed by atoms with van der Waals surface area (Å²) in [7, 11) is -1.53. The van der Waals surface area contributed by atoms with Gasteiger partial charge in [0.05, 0.1) is 8.07 Å². The summed E-state index contributed by atoms with van der Waals surface area (Å²) in [5.41, 5.74) is 0.856. The standard InChI is InChI=1S/C8H12Cl2OSi/c1-5-6(12(2,3)4)7(11)8(5,9)10/h1-4H3. The Labute approximate surface area is 83.7 Å². The Morgan fingerprint density at radius 2 is 1.67 bits per heavy atom. The summed E-state index contributed by atoms with van der Waals surface area (Å²) < 4.78 is -1.21. The molecule has 0 aromatic carbocycles. The fraction of sp³-hybridized carbons (Fsp3) is 0.625. The van der Waals surface area contributed by atoms with E-state index in [9.17, 15) is 4.79 Å². The molecule has 0 aromatic heterocycles. The second-order valence-electron chi connectivity index (χ2n) is 4.15. The van der Waals surface area contributed by atoms with Gasteiger partial charge in [0, 0.05) is 0 Å². The normalized spacial score (nSPS) is 22.7. The molecular weight excluding hydrogens is 211 g/mol. The lowest BCUT2D eigenvalue weighted by molar-refractivity contribution is -0.116. The van der Waals surface area contributed by atoms with Crippen molar-refractivity contribution in [2.75, 3.05) is 0 Å². The summed E-state index contributed by atoms with van der Waals surface area (Å²) in [5, 5.41) is 0.910. The number of carbonyl (C=O) groups excluding carboxylic acids is 1. The molecule has 0 aromatic rings. The lowest BCUT2D eigenvalue weighted by atomic mass is 9.97. The maximum atomic E-state index is 11.5. The van der Waals surface area contributed by atoms with Crippen molar-refractivity contribution in [3.05, 3.63) is 10.8 Å². The molecule has 0 saturated heterocycles. The van der Waals surface area contributed by atoms with Crippen molar-refractivity contribution in [1.82, 2.24) is 0 Å². The van der Waals surface area contributed by atoms with Crippen LogP contribution in [0.1, 0.15) is 6.92 Å². The number of alkyl halides is 2. The lowest BCUT2D eigenvalue weighted by Crippen LogP contribution is -2.49. The van der Waals surface area contributed by atoms with E-state index in [0.29, 0.717) is 0 Å². The Morgan fingerprint density at radius 1 is 1.25 bits per heavy atom. The molecule has 0 unspecified atom stereocenters. The molecule has 1 aliphatic rings. The maximum Gasteiger partial charge on any atom is 0.200 e. The molecule has 0 radical (unpaired) electrons. The molecule has 0 amide bonds. The van der Waals surface area contributed by atoms with E-state index in [0.717, 1.165) is 10.8 Å². The molecule has 68 valence electrons. The maximum absolute atomic E-state index is 11.5. The second kappa shape index (κ2) is 2.60. The smallest absolute Gasteiger partial charge is 0.200 e. The second-order valence-corrected chi connectivity index (χ2v) is 10.5. The van der Waals surface area contributed by atoms with Crippen LogP contribution in [0.15, 0.2) is 10.8 Å². The van der Waals surface area contributed by atoms with Gasteiger partial charge in [-0.25, -0.2) is 0 Å². The van der Waals surface area contributed by atoms with Gasteiger partial charge in [-0.15, -0.1) is 0 Å². The molecule has 1 nitrogen and oxygen atoms in total. The molecule has 0 heterocycles. The van der Waals surface area contributed by atoms with E-state index in [1.54, 1.807) is 0 Å². The van der Waals surface area contributed by atoms with Gasteiger partial charge in [-0.3, -0.25) is 4.79 Å². The highest BCUT2D eigenvalue weighted by molar-refractivity contribution is 6.91. The van der Waals surface area contributed by atoms with E-state index >= 15 is 0 Å². The molecule has 0 bridgehead atoms. The van der Waals surface area contributed by atoms with Crippen LogP contribution in [0.2, 0.25) is 19.6 Å². The Hall–Kier alpha value is 0.207. The SMILES string of the molecule is CC1=C([Si](C)(C)C)C(=O)C1(Cl)Cl. The molecule has 0 spiro atoms. The summed E-state index contributed by atoms with van der Waals surface area (Å²) in [6.45, 7) is 8.20. The van der Waals surface area contributed by atoms with Crippen LogP contribution in [0.5, 0.6) is 0 Å². The highest BCUT2D eigenvalue weighted by atomic mass is 35.5. The molecule has 4 heteroatoms. The van der Waals surface area contributed by atoms with Crippen LogP contribution in [-0.2, 0) is 4.79 Å². The van der Waals surface area contributed by atoms with Crippen LogP contribution in [0, 0.1) is 0 Å². The Balaban J connectivity index is 3.14. The van der Waals surface area contributed by atoms with Crippen molar-refractivity contribution in [2.45, 2.75) is 30.9 Å². The minimum Gasteiger partial charge on any atom is -0.291 e. The van der Waals surface area contributed by atoms with Gasteiger partial charge in [-0.2, -0.15) is 0 Å². The van der Waals surface area contributed by atoms with Gasteiger partial charge < -0.3 is 0 Å². The first-order valence-electron chi connectivity index (χ1n) is 3.83. The van der Waals surface area contributed by atoms with Gasteiger partial charge in [0.2, 0.25) is 4.33 Å². The van der Waals surface area contributed by atoms with Gasteiger partial charge in [0.1, 0.15) is 0 Å². The number of hydrogen-bond acceptors (Lipinski definition) is 1. The number of carbonyl (C=O) groups is 1. The Bertz CT molecular complexity index is 273. The monoisotopic (exact) mass is 222 g/mol.